The van der Waals surface area contributed by atoms with Crippen molar-refractivity contribution < 1.29 is 22.7 Å². The Morgan fingerprint density at radius 2 is 2.00 bits per heavy atom. The topological polar surface area (TPSA) is 69.9 Å². The van der Waals surface area contributed by atoms with Gasteiger partial charge in [0.25, 0.3) is 6.43 Å². The molecule has 26 heavy (non-hydrogen) atoms. The Morgan fingerprint density at radius 1 is 1.31 bits per heavy atom. The van der Waals surface area contributed by atoms with Crippen molar-refractivity contribution in [3.63, 3.8) is 0 Å². The monoisotopic (exact) mass is 448 g/mol. The molecule has 1 aromatic carbocycles. The Balaban J connectivity index is 2.20. The minimum atomic E-state index is -2.77. The third-order valence-corrected chi connectivity index (χ3v) is 4.66. The number of aromatic nitrogens is 4. The molecule has 2 aromatic heterocycles. The van der Waals surface area contributed by atoms with Gasteiger partial charge in [0, 0.05) is 11.5 Å². The first-order chi connectivity index (χ1) is 12.1. The zero-order chi connectivity index (χ0) is 19.2. The lowest BCUT2D eigenvalue weighted by Crippen LogP contribution is -2.27. The van der Waals surface area contributed by atoms with Crippen molar-refractivity contribution in [2.24, 2.45) is 0 Å². The van der Waals surface area contributed by atoms with E-state index in [9.17, 15) is 18.0 Å². The van der Waals surface area contributed by atoms with E-state index >= 15 is 0 Å². The fourth-order valence-electron chi connectivity index (χ4n) is 2.13. The van der Waals surface area contributed by atoms with Gasteiger partial charge in [-0.3, -0.25) is 0 Å². The van der Waals surface area contributed by atoms with Gasteiger partial charge in [0.05, 0.1) is 9.99 Å². The molecule has 6 nitrogen and oxygen atoms in total. The normalized spacial score (nSPS) is 12.2. The maximum absolute atomic E-state index is 14.0. The number of carbonyl (C=O) groups excluding carboxylic acids is 1. The second-order valence-electron chi connectivity index (χ2n) is 6.27. The molecule has 0 radical (unpaired) electrons. The van der Waals surface area contributed by atoms with Crippen molar-refractivity contribution >= 4 is 44.3 Å². The Hall–Kier alpha value is -2.01. The summed E-state index contributed by atoms with van der Waals surface area (Å²) in [5.74, 6) is -0.612. The van der Waals surface area contributed by atoms with Crippen LogP contribution in [0.4, 0.5) is 18.0 Å². The van der Waals surface area contributed by atoms with Crippen LogP contribution in [0.25, 0.3) is 21.6 Å². The lowest BCUT2D eigenvalue weighted by Gasteiger charge is -2.19. The molecule has 0 aliphatic rings. The first-order valence-corrected chi connectivity index (χ1v) is 8.91. The Labute approximate surface area is 158 Å². The van der Waals surface area contributed by atoms with Gasteiger partial charge in [-0.15, -0.1) is 10.2 Å². The second kappa shape index (κ2) is 6.62. The highest BCUT2D eigenvalue weighted by Crippen LogP contribution is 2.35. The lowest BCUT2D eigenvalue weighted by atomic mass is 10.2. The van der Waals surface area contributed by atoms with Gasteiger partial charge in [-0.2, -0.15) is 9.78 Å². The molecule has 0 spiro atoms. The fraction of sp³-hybridized carbons (Fsp3) is 0.333. The number of nitrogens with zero attached hydrogens (tertiary/aromatic N) is 4. The van der Waals surface area contributed by atoms with Gasteiger partial charge in [0.2, 0.25) is 0 Å². The number of carbonyl (C=O) groups is 1. The molecule has 0 saturated carbocycles. The highest BCUT2D eigenvalue weighted by molar-refractivity contribution is 9.10. The van der Waals surface area contributed by atoms with Gasteiger partial charge < -0.3 is 4.74 Å². The average Bonchev–Trinajstić information content (AvgIpc) is 3.11. The molecule has 3 aromatic rings. The molecule has 0 N–H and O–H groups in total. The van der Waals surface area contributed by atoms with Crippen LogP contribution in [0.2, 0.25) is 0 Å². The maximum Gasteiger partial charge on any atom is 0.435 e. The predicted molar refractivity (Wildman–Crippen MR) is 92.9 cm³/mol. The Kier molecular flexibility index (Phi) is 4.78. The van der Waals surface area contributed by atoms with E-state index in [4.69, 9.17) is 4.74 Å². The van der Waals surface area contributed by atoms with Crippen molar-refractivity contribution in [1.29, 1.82) is 0 Å². The summed E-state index contributed by atoms with van der Waals surface area (Å²) in [6, 6.07) is 2.51. The van der Waals surface area contributed by atoms with E-state index in [-0.39, 0.29) is 20.7 Å². The summed E-state index contributed by atoms with van der Waals surface area (Å²) in [4.78, 5) is 12.4. The van der Waals surface area contributed by atoms with Crippen molar-refractivity contribution in [1.82, 2.24) is 20.0 Å². The van der Waals surface area contributed by atoms with Gasteiger partial charge >= 0.3 is 6.09 Å². The first-order valence-electron chi connectivity index (χ1n) is 7.30. The van der Waals surface area contributed by atoms with Crippen LogP contribution in [0.5, 0.6) is 0 Å². The largest absolute Gasteiger partial charge is 0.442 e. The molecular weight excluding hydrogens is 437 g/mol. The maximum atomic E-state index is 14.0. The third kappa shape index (κ3) is 3.58. The number of alkyl halides is 2. The van der Waals surface area contributed by atoms with E-state index in [1.54, 1.807) is 20.8 Å². The summed E-state index contributed by atoms with van der Waals surface area (Å²) < 4.78 is 45.9. The number of ether oxygens (including phenoxy) is 1. The number of fused-ring (bicyclic) bond motifs is 1. The first kappa shape index (κ1) is 18.8. The van der Waals surface area contributed by atoms with Crippen LogP contribution < -0.4 is 0 Å². The van der Waals surface area contributed by atoms with Crippen molar-refractivity contribution in [2.45, 2.75) is 32.8 Å². The molecule has 0 bridgehead atoms. The van der Waals surface area contributed by atoms with Crippen LogP contribution in [0.3, 0.4) is 0 Å². The summed E-state index contributed by atoms with van der Waals surface area (Å²) in [5, 5.41) is 11.2. The van der Waals surface area contributed by atoms with E-state index in [0.717, 1.165) is 10.7 Å². The smallest absolute Gasteiger partial charge is 0.435 e. The van der Waals surface area contributed by atoms with Crippen LogP contribution >= 0.6 is 27.3 Å². The van der Waals surface area contributed by atoms with Gasteiger partial charge in [-0.05, 0) is 42.8 Å². The molecule has 138 valence electrons. The van der Waals surface area contributed by atoms with Crippen LogP contribution in [0.1, 0.15) is 32.2 Å². The van der Waals surface area contributed by atoms with E-state index < -0.39 is 28.9 Å². The summed E-state index contributed by atoms with van der Waals surface area (Å²) >= 11 is 3.71. The van der Waals surface area contributed by atoms with Crippen LogP contribution in [-0.4, -0.2) is 31.7 Å². The number of halogens is 4. The van der Waals surface area contributed by atoms with Crippen molar-refractivity contribution in [3.8, 4) is 10.7 Å². The SMILES string of the molecule is CC(C)(C)OC(=O)n1nc(-c2nnc(C(F)F)s2)c2cc(Br)c(F)cc21. The quantitative estimate of drug-likeness (QED) is 0.540. The van der Waals surface area contributed by atoms with Gasteiger partial charge in [-0.1, -0.05) is 11.3 Å². The summed E-state index contributed by atoms with van der Waals surface area (Å²) in [6.07, 6.45) is -3.60. The summed E-state index contributed by atoms with van der Waals surface area (Å²) in [6.45, 7) is 5.02. The van der Waals surface area contributed by atoms with E-state index in [0.29, 0.717) is 16.7 Å². The molecule has 0 aliphatic heterocycles. The minimum absolute atomic E-state index is 0.0890. The highest BCUT2D eigenvalue weighted by Gasteiger charge is 2.26. The van der Waals surface area contributed by atoms with Crippen LogP contribution in [0, 0.1) is 5.82 Å². The molecule has 3 rings (SSSR count). The molecule has 0 atom stereocenters. The van der Waals surface area contributed by atoms with Gasteiger partial charge in [0.15, 0.2) is 10.0 Å². The zero-order valence-electron chi connectivity index (χ0n) is 13.8. The molecule has 0 unspecified atom stereocenters. The number of hydrogen-bond donors (Lipinski definition) is 0. The summed E-state index contributed by atoms with van der Waals surface area (Å²) in [5.41, 5.74) is -0.533. The number of benzene rings is 1. The Morgan fingerprint density at radius 3 is 2.58 bits per heavy atom. The lowest BCUT2D eigenvalue weighted by molar-refractivity contribution is 0.0523. The van der Waals surface area contributed by atoms with E-state index in [1.165, 1.54) is 6.07 Å². The van der Waals surface area contributed by atoms with Crippen LogP contribution in [-0.2, 0) is 4.74 Å². The number of hydrogen-bond acceptors (Lipinski definition) is 6. The minimum Gasteiger partial charge on any atom is -0.442 e. The second-order valence-corrected chi connectivity index (χ2v) is 8.13. The molecule has 0 aliphatic carbocycles. The molecule has 0 saturated heterocycles. The van der Waals surface area contributed by atoms with E-state index in [2.05, 4.69) is 31.2 Å². The standard InChI is InChI=1S/C15H12BrF3N4O2S/c1-15(2,3)25-14(24)23-9-5-8(17)7(16)4-6(9)10(22-23)12-20-21-13(26-12)11(18)19/h4-5,11H,1-3H3. The predicted octanol–water partition coefficient (Wildman–Crippen LogP) is 5.18. The van der Waals surface area contributed by atoms with Gasteiger partial charge in [0.1, 0.15) is 17.1 Å². The van der Waals surface area contributed by atoms with E-state index in [1.807, 2.05) is 0 Å². The van der Waals surface area contributed by atoms with Crippen LogP contribution in [0.15, 0.2) is 16.6 Å². The fourth-order valence-corrected chi connectivity index (χ4v) is 3.17. The molecule has 11 heteroatoms. The average molecular weight is 449 g/mol. The highest BCUT2D eigenvalue weighted by atomic mass is 79.9. The Bertz CT molecular complexity index is 997. The van der Waals surface area contributed by atoms with Gasteiger partial charge in [-0.25, -0.2) is 18.0 Å². The third-order valence-electron chi connectivity index (χ3n) is 3.12. The molecule has 0 amide bonds. The van der Waals surface area contributed by atoms with Crippen molar-refractivity contribution in [2.75, 3.05) is 0 Å². The molecule has 0 fully saturated rings. The summed E-state index contributed by atoms with van der Waals surface area (Å²) in [7, 11) is 0. The van der Waals surface area contributed by atoms with Crippen molar-refractivity contribution in [3.05, 3.63) is 27.4 Å². The number of rotatable bonds is 2. The molecule has 2 heterocycles. The zero-order valence-corrected chi connectivity index (χ0v) is 16.2. The molecular formula is C15H12BrF3N4O2S.